The topological polar surface area (TPSA) is 60.2 Å². The van der Waals surface area contributed by atoms with Crippen molar-refractivity contribution in [3.05, 3.63) is 74.7 Å². The molecular weight excluding hydrogens is 274 g/mol. The number of hydrogen-bond acceptors (Lipinski definition) is 4. The van der Waals surface area contributed by atoms with E-state index in [0.29, 0.717) is 16.0 Å². The first-order valence-corrected chi connectivity index (χ1v) is 6.75. The van der Waals surface area contributed by atoms with Crippen LogP contribution in [-0.4, -0.2) is 10.7 Å². The van der Waals surface area contributed by atoms with Crippen LogP contribution < -0.4 is 0 Å². The zero-order chi connectivity index (χ0) is 14.1. The second-order valence-electron chi connectivity index (χ2n) is 4.25. The van der Waals surface area contributed by atoms with Gasteiger partial charge in [-0.2, -0.15) is 0 Å². The van der Waals surface area contributed by atoms with Gasteiger partial charge in [-0.3, -0.25) is 14.9 Å². The molecule has 1 heterocycles. The molecule has 1 aliphatic rings. The smallest absolute Gasteiger partial charge is 0.276 e. The van der Waals surface area contributed by atoms with Crippen LogP contribution in [0.15, 0.2) is 58.3 Å². The SMILES string of the molecule is O=C1/C(=C\c2ccccc2[N+](=O)[O-])Sc2ccccc21. The fourth-order valence-electron chi connectivity index (χ4n) is 2.05. The summed E-state index contributed by atoms with van der Waals surface area (Å²) < 4.78 is 0. The Morgan fingerprint density at radius 2 is 1.75 bits per heavy atom. The van der Waals surface area contributed by atoms with Crippen molar-refractivity contribution in [2.45, 2.75) is 4.90 Å². The number of nitro groups is 1. The Labute approximate surface area is 119 Å². The number of fused-ring (bicyclic) bond motifs is 1. The summed E-state index contributed by atoms with van der Waals surface area (Å²) in [4.78, 5) is 24.2. The van der Waals surface area contributed by atoms with Gasteiger partial charge >= 0.3 is 0 Å². The number of hydrogen-bond donors (Lipinski definition) is 0. The number of ketones is 1. The van der Waals surface area contributed by atoms with Crippen LogP contribution in [0, 0.1) is 10.1 Å². The van der Waals surface area contributed by atoms with Crippen LogP contribution in [0.5, 0.6) is 0 Å². The van der Waals surface area contributed by atoms with E-state index < -0.39 is 4.92 Å². The number of nitro benzene ring substituents is 1. The minimum absolute atomic E-state index is 0.00403. The quantitative estimate of drug-likeness (QED) is 0.476. The highest BCUT2D eigenvalue weighted by molar-refractivity contribution is 8.04. The van der Waals surface area contributed by atoms with Crippen LogP contribution in [-0.2, 0) is 0 Å². The molecule has 0 aliphatic carbocycles. The van der Waals surface area contributed by atoms with Crippen molar-refractivity contribution in [1.29, 1.82) is 0 Å². The van der Waals surface area contributed by atoms with Crippen LogP contribution >= 0.6 is 11.8 Å². The van der Waals surface area contributed by atoms with Gasteiger partial charge in [-0.1, -0.05) is 36.0 Å². The van der Waals surface area contributed by atoms with E-state index in [1.807, 2.05) is 18.2 Å². The molecule has 4 nitrogen and oxygen atoms in total. The van der Waals surface area contributed by atoms with Gasteiger partial charge in [-0.15, -0.1) is 0 Å². The monoisotopic (exact) mass is 283 g/mol. The average Bonchev–Trinajstić information content (AvgIpc) is 2.76. The Hall–Kier alpha value is -2.40. The van der Waals surface area contributed by atoms with Crippen molar-refractivity contribution in [2.75, 3.05) is 0 Å². The van der Waals surface area contributed by atoms with Gasteiger partial charge in [0.15, 0.2) is 0 Å². The molecule has 0 N–H and O–H groups in total. The van der Waals surface area contributed by atoms with Crippen molar-refractivity contribution < 1.29 is 9.72 Å². The van der Waals surface area contributed by atoms with Gasteiger partial charge in [0.05, 0.1) is 15.4 Å². The standard InChI is InChI=1S/C15H9NO3S/c17-15-11-6-2-4-8-13(11)20-14(15)9-10-5-1-3-7-12(10)16(18)19/h1-9H/b14-9+. The van der Waals surface area contributed by atoms with E-state index in [4.69, 9.17) is 0 Å². The molecule has 0 unspecified atom stereocenters. The lowest BCUT2D eigenvalue weighted by molar-refractivity contribution is -0.385. The van der Waals surface area contributed by atoms with Gasteiger partial charge in [-0.25, -0.2) is 0 Å². The number of benzene rings is 2. The number of carbonyl (C=O) groups excluding carboxylic acids is 1. The van der Waals surface area contributed by atoms with Crippen molar-refractivity contribution >= 4 is 29.3 Å². The van der Waals surface area contributed by atoms with Crippen LogP contribution in [0.25, 0.3) is 6.08 Å². The Kier molecular flexibility index (Phi) is 3.12. The number of allylic oxidation sites excluding steroid dienone is 1. The lowest BCUT2D eigenvalue weighted by Gasteiger charge is -1.98. The number of carbonyl (C=O) groups is 1. The largest absolute Gasteiger partial charge is 0.288 e. The molecule has 0 spiro atoms. The number of thioether (sulfide) groups is 1. The van der Waals surface area contributed by atoms with E-state index in [-0.39, 0.29) is 11.5 Å². The van der Waals surface area contributed by atoms with Gasteiger partial charge in [0.2, 0.25) is 5.78 Å². The average molecular weight is 283 g/mol. The Morgan fingerprint density at radius 3 is 2.50 bits per heavy atom. The minimum Gasteiger partial charge on any atom is -0.288 e. The summed E-state index contributed by atoms with van der Waals surface area (Å²) in [6, 6.07) is 13.7. The van der Waals surface area contributed by atoms with E-state index in [0.717, 1.165) is 4.90 Å². The fourth-order valence-corrected chi connectivity index (χ4v) is 3.10. The highest BCUT2D eigenvalue weighted by Gasteiger charge is 2.26. The Balaban J connectivity index is 2.04. The molecule has 0 radical (unpaired) electrons. The van der Waals surface area contributed by atoms with E-state index in [2.05, 4.69) is 0 Å². The maximum atomic E-state index is 12.2. The molecule has 3 rings (SSSR count). The lowest BCUT2D eigenvalue weighted by Crippen LogP contribution is -1.95. The molecule has 1 aliphatic heterocycles. The molecule has 0 bridgehead atoms. The highest BCUT2D eigenvalue weighted by atomic mass is 32.2. The summed E-state index contributed by atoms with van der Waals surface area (Å²) in [5.74, 6) is -0.0799. The van der Waals surface area contributed by atoms with E-state index in [9.17, 15) is 14.9 Å². The molecule has 98 valence electrons. The van der Waals surface area contributed by atoms with Crippen LogP contribution in [0.1, 0.15) is 15.9 Å². The molecule has 0 saturated carbocycles. The third kappa shape index (κ3) is 2.12. The van der Waals surface area contributed by atoms with E-state index >= 15 is 0 Å². The first-order valence-electron chi connectivity index (χ1n) is 5.93. The van der Waals surface area contributed by atoms with Crippen molar-refractivity contribution in [3.63, 3.8) is 0 Å². The summed E-state index contributed by atoms with van der Waals surface area (Å²) in [6.07, 6.45) is 1.59. The third-order valence-corrected chi connectivity index (χ3v) is 4.09. The van der Waals surface area contributed by atoms with Gasteiger partial charge in [-0.05, 0) is 24.3 Å². The first kappa shape index (κ1) is 12.6. The zero-order valence-corrected chi connectivity index (χ0v) is 11.1. The minimum atomic E-state index is -0.441. The molecule has 5 heteroatoms. The van der Waals surface area contributed by atoms with Crippen LogP contribution in [0.2, 0.25) is 0 Å². The van der Waals surface area contributed by atoms with Crippen LogP contribution in [0.3, 0.4) is 0 Å². The second kappa shape index (κ2) is 4.94. The number of rotatable bonds is 2. The second-order valence-corrected chi connectivity index (χ2v) is 5.34. The number of Topliss-reactive ketones (excluding diaryl/α,β-unsaturated/α-hetero) is 1. The Bertz CT molecular complexity index is 752. The van der Waals surface area contributed by atoms with Gasteiger partial charge in [0.25, 0.3) is 5.69 Å². The first-order chi connectivity index (χ1) is 9.66. The predicted octanol–water partition coefficient (Wildman–Crippen LogP) is 3.92. The van der Waals surface area contributed by atoms with Gasteiger partial charge in [0.1, 0.15) is 0 Å². The molecule has 20 heavy (non-hydrogen) atoms. The van der Waals surface area contributed by atoms with E-state index in [1.54, 1.807) is 30.3 Å². The molecule has 0 aromatic heterocycles. The lowest BCUT2D eigenvalue weighted by atomic mass is 10.1. The van der Waals surface area contributed by atoms with Crippen LogP contribution in [0.4, 0.5) is 5.69 Å². The maximum absolute atomic E-state index is 12.2. The summed E-state index contributed by atoms with van der Waals surface area (Å²) >= 11 is 1.35. The summed E-state index contributed by atoms with van der Waals surface area (Å²) in [7, 11) is 0. The molecule has 0 atom stereocenters. The molecule has 0 fully saturated rings. The van der Waals surface area contributed by atoms with Gasteiger partial charge < -0.3 is 0 Å². The maximum Gasteiger partial charge on any atom is 0.276 e. The number of nitrogens with zero attached hydrogens (tertiary/aromatic N) is 1. The Morgan fingerprint density at radius 1 is 1.05 bits per heavy atom. The molecule has 2 aromatic rings. The zero-order valence-electron chi connectivity index (χ0n) is 10.3. The van der Waals surface area contributed by atoms with Crippen molar-refractivity contribution in [3.8, 4) is 0 Å². The fraction of sp³-hybridized carbons (Fsp3) is 0. The van der Waals surface area contributed by atoms with Crippen molar-refractivity contribution in [1.82, 2.24) is 0 Å². The highest BCUT2D eigenvalue weighted by Crippen LogP contribution is 2.41. The molecule has 0 saturated heterocycles. The molecule has 2 aromatic carbocycles. The summed E-state index contributed by atoms with van der Waals surface area (Å²) in [5.41, 5.74) is 1.10. The van der Waals surface area contributed by atoms with Crippen molar-refractivity contribution in [2.24, 2.45) is 0 Å². The third-order valence-electron chi connectivity index (χ3n) is 3.00. The summed E-state index contributed by atoms with van der Waals surface area (Å²) in [5, 5.41) is 11.0. The van der Waals surface area contributed by atoms with Gasteiger partial charge in [0, 0.05) is 16.5 Å². The normalized spacial score (nSPS) is 15.4. The molecule has 0 amide bonds. The number of para-hydroxylation sites is 1. The summed E-state index contributed by atoms with van der Waals surface area (Å²) in [6.45, 7) is 0. The predicted molar refractivity (Wildman–Crippen MR) is 77.7 cm³/mol. The van der Waals surface area contributed by atoms with E-state index in [1.165, 1.54) is 17.8 Å². The molecular formula is C15H9NO3S.